The van der Waals surface area contributed by atoms with Crippen LogP contribution >= 0.6 is 0 Å². The van der Waals surface area contributed by atoms with E-state index in [1.807, 2.05) is 33.0 Å². The number of hydrogen-bond donors (Lipinski definition) is 2. The van der Waals surface area contributed by atoms with E-state index in [1.165, 1.54) is 24.8 Å². The van der Waals surface area contributed by atoms with Gasteiger partial charge in [-0.1, -0.05) is 56.7 Å². The third kappa shape index (κ3) is 4.99. The Bertz CT molecular complexity index is 1080. The second-order valence-electron chi connectivity index (χ2n) is 11.6. The van der Waals surface area contributed by atoms with Crippen LogP contribution in [0.25, 0.3) is 0 Å². The molecule has 1 aliphatic heterocycles. The van der Waals surface area contributed by atoms with E-state index in [4.69, 9.17) is 0 Å². The fourth-order valence-corrected chi connectivity index (χ4v) is 5.44. The summed E-state index contributed by atoms with van der Waals surface area (Å²) in [5.41, 5.74) is 2.92. The molecule has 2 saturated carbocycles. The van der Waals surface area contributed by atoms with Crippen LogP contribution in [-0.2, 0) is 16.1 Å². The molecule has 1 saturated heterocycles. The lowest BCUT2D eigenvalue weighted by Gasteiger charge is -2.34. The van der Waals surface area contributed by atoms with Crippen molar-refractivity contribution >= 4 is 11.8 Å². The number of carbonyl (C=O) groups is 2. The Morgan fingerprint density at radius 1 is 1.14 bits per heavy atom. The Morgan fingerprint density at radius 2 is 1.89 bits per heavy atom. The fraction of sp³-hybridized carbons (Fsp3) is 0.630. The van der Waals surface area contributed by atoms with Gasteiger partial charge in [0.1, 0.15) is 12.1 Å². The predicted octanol–water partition coefficient (Wildman–Crippen LogP) is 3.29. The molecule has 1 aromatic carbocycles. The minimum Gasteiger partial charge on any atom is -0.391 e. The van der Waals surface area contributed by atoms with Gasteiger partial charge in [-0.15, -0.1) is 5.10 Å². The van der Waals surface area contributed by atoms with Gasteiger partial charge >= 0.3 is 0 Å². The molecule has 2 N–H and O–H groups in total. The molecule has 3 fully saturated rings. The molecule has 188 valence electrons. The predicted molar refractivity (Wildman–Crippen MR) is 131 cm³/mol. The number of amides is 2. The van der Waals surface area contributed by atoms with Crippen LogP contribution in [0.3, 0.4) is 0 Å². The third-order valence-electron chi connectivity index (χ3n) is 7.76. The van der Waals surface area contributed by atoms with Crippen LogP contribution in [0.1, 0.15) is 94.0 Å². The van der Waals surface area contributed by atoms with Gasteiger partial charge < -0.3 is 15.3 Å². The molecular formula is C27H37N5O3. The first kappa shape index (κ1) is 24.0. The summed E-state index contributed by atoms with van der Waals surface area (Å²) in [6.07, 6.45) is 7.26. The maximum absolute atomic E-state index is 13.9. The number of likely N-dealkylation sites (tertiary alicyclic amines) is 1. The van der Waals surface area contributed by atoms with Crippen LogP contribution < -0.4 is 5.32 Å². The molecule has 8 heteroatoms. The molecular weight excluding hydrogens is 442 g/mol. The van der Waals surface area contributed by atoms with Gasteiger partial charge in [0.05, 0.1) is 11.8 Å². The molecule has 0 spiro atoms. The summed E-state index contributed by atoms with van der Waals surface area (Å²) in [7, 11) is 0. The quantitative estimate of drug-likeness (QED) is 0.635. The molecule has 5 rings (SSSR count). The fourth-order valence-electron chi connectivity index (χ4n) is 5.44. The molecule has 3 aliphatic rings. The molecule has 35 heavy (non-hydrogen) atoms. The number of carbonyl (C=O) groups excluding carboxylic acids is 2. The summed E-state index contributed by atoms with van der Waals surface area (Å²) in [6, 6.07) is 6.96. The first-order valence-corrected chi connectivity index (χ1v) is 13.0. The lowest BCUT2D eigenvalue weighted by molar-refractivity contribution is -0.144. The van der Waals surface area contributed by atoms with E-state index in [-0.39, 0.29) is 24.8 Å². The second kappa shape index (κ2) is 9.37. The molecule has 3 atom stereocenters. The van der Waals surface area contributed by atoms with Gasteiger partial charge in [-0.05, 0) is 48.1 Å². The zero-order chi connectivity index (χ0) is 24.7. The second-order valence-corrected chi connectivity index (χ2v) is 11.6. The van der Waals surface area contributed by atoms with Crippen molar-refractivity contribution in [3.63, 3.8) is 0 Å². The zero-order valence-corrected chi connectivity index (χ0v) is 21.0. The van der Waals surface area contributed by atoms with E-state index in [9.17, 15) is 14.7 Å². The van der Waals surface area contributed by atoms with E-state index in [1.54, 1.807) is 9.58 Å². The summed E-state index contributed by atoms with van der Waals surface area (Å²) in [5, 5.41) is 22.1. The Hall–Kier alpha value is -2.74. The number of nitrogens with one attached hydrogen (secondary N) is 1. The molecule has 2 aromatic rings. The van der Waals surface area contributed by atoms with Crippen molar-refractivity contribution in [1.29, 1.82) is 0 Å². The Kier molecular flexibility index (Phi) is 6.42. The lowest BCUT2D eigenvalue weighted by Crippen LogP contribution is -2.50. The molecule has 1 aromatic heterocycles. The normalized spacial score (nSPS) is 23.7. The first-order chi connectivity index (χ1) is 16.7. The highest BCUT2D eigenvalue weighted by molar-refractivity contribution is 5.90. The van der Waals surface area contributed by atoms with E-state index < -0.39 is 23.6 Å². The molecule has 8 nitrogen and oxygen atoms in total. The van der Waals surface area contributed by atoms with Gasteiger partial charge in [-0.25, -0.2) is 4.68 Å². The van der Waals surface area contributed by atoms with E-state index in [0.29, 0.717) is 18.4 Å². The van der Waals surface area contributed by atoms with Crippen LogP contribution in [0.15, 0.2) is 30.5 Å². The number of aliphatic hydroxyl groups is 1. The average molecular weight is 480 g/mol. The van der Waals surface area contributed by atoms with Crippen LogP contribution in [0.5, 0.6) is 0 Å². The highest BCUT2D eigenvalue weighted by Gasteiger charge is 2.45. The first-order valence-electron chi connectivity index (χ1n) is 13.0. The minimum atomic E-state index is -0.727. The van der Waals surface area contributed by atoms with E-state index in [2.05, 4.69) is 33.8 Å². The maximum Gasteiger partial charge on any atom is 0.248 e. The summed E-state index contributed by atoms with van der Waals surface area (Å²) in [5.74, 6) is 0.596. The smallest absolute Gasteiger partial charge is 0.248 e. The van der Waals surface area contributed by atoms with Gasteiger partial charge in [0, 0.05) is 31.6 Å². The Balaban J connectivity index is 1.32. The lowest BCUT2D eigenvalue weighted by atomic mass is 9.78. The summed E-state index contributed by atoms with van der Waals surface area (Å²) in [6.45, 7) is 6.55. The van der Waals surface area contributed by atoms with Crippen molar-refractivity contribution in [2.24, 2.45) is 5.41 Å². The van der Waals surface area contributed by atoms with Gasteiger partial charge in [0.2, 0.25) is 11.8 Å². The zero-order valence-electron chi connectivity index (χ0n) is 21.0. The SMILES string of the molecule is CC(C)(C)[C@@H](C(=O)N1CC(O)CC1C(=O)NCc1ccccc1C1CCC1)n1cc(C2CC2)nn1. The monoisotopic (exact) mass is 479 g/mol. The van der Waals surface area contributed by atoms with E-state index >= 15 is 0 Å². The summed E-state index contributed by atoms with van der Waals surface area (Å²) >= 11 is 0. The minimum absolute atomic E-state index is 0.145. The van der Waals surface area contributed by atoms with Crippen LogP contribution in [0.4, 0.5) is 0 Å². The van der Waals surface area contributed by atoms with Crippen LogP contribution in [0, 0.1) is 5.41 Å². The van der Waals surface area contributed by atoms with Gasteiger partial charge in [-0.3, -0.25) is 9.59 Å². The highest BCUT2D eigenvalue weighted by Crippen LogP contribution is 2.40. The molecule has 2 aliphatic carbocycles. The molecule has 0 bridgehead atoms. The van der Waals surface area contributed by atoms with E-state index in [0.717, 1.165) is 24.1 Å². The van der Waals surface area contributed by atoms with Crippen LogP contribution in [0.2, 0.25) is 0 Å². The number of benzene rings is 1. The van der Waals surface area contributed by atoms with Crippen molar-refractivity contribution < 1.29 is 14.7 Å². The molecule has 2 heterocycles. The largest absolute Gasteiger partial charge is 0.391 e. The number of rotatable bonds is 7. The van der Waals surface area contributed by atoms with Gasteiger partial charge in [0.25, 0.3) is 0 Å². The Labute approximate surface area is 207 Å². The van der Waals surface area contributed by atoms with Crippen molar-refractivity contribution in [2.75, 3.05) is 6.54 Å². The number of aromatic nitrogens is 3. The summed E-state index contributed by atoms with van der Waals surface area (Å²) < 4.78 is 1.66. The molecule has 0 radical (unpaired) electrons. The molecule has 2 unspecified atom stereocenters. The topological polar surface area (TPSA) is 100 Å². The highest BCUT2D eigenvalue weighted by atomic mass is 16.3. The maximum atomic E-state index is 13.9. The van der Waals surface area contributed by atoms with Crippen LogP contribution in [-0.4, -0.2) is 55.5 Å². The van der Waals surface area contributed by atoms with Crippen molar-refractivity contribution in [3.8, 4) is 0 Å². The van der Waals surface area contributed by atoms with Crippen molar-refractivity contribution in [3.05, 3.63) is 47.3 Å². The average Bonchev–Trinajstić information content (AvgIpc) is 3.38. The number of nitrogens with zero attached hydrogens (tertiary/aromatic N) is 4. The molecule has 2 amide bonds. The third-order valence-corrected chi connectivity index (χ3v) is 7.76. The van der Waals surface area contributed by atoms with Crippen molar-refractivity contribution in [2.45, 2.75) is 95.9 Å². The van der Waals surface area contributed by atoms with Gasteiger partial charge in [-0.2, -0.15) is 0 Å². The Morgan fingerprint density at radius 3 is 2.54 bits per heavy atom. The number of hydrogen-bond acceptors (Lipinski definition) is 5. The number of β-amino-alcohol motifs (C(OH)–C–C–N with tert-alkyl or cyclic N) is 1. The standard InChI is InChI=1S/C27H37N5O3/c1-27(2,3)24(32-16-22(29-30-32)18-11-12-18)26(35)31-15-20(33)13-23(31)25(34)28-14-19-7-4-5-10-21(19)17-8-6-9-17/h4-5,7,10,16-18,20,23-24,33H,6,8-9,11-15H2,1-3H3,(H,28,34)/t20?,23?,24-/m1/s1. The van der Waals surface area contributed by atoms with Gasteiger partial charge in [0.15, 0.2) is 0 Å². The van der Waals surface area contributed by atoms with Crippen molar-refractivity contribution in [1.82, 2.24) is 25.2 Å². The summed E-state index contributed by atoms with van der Waals surface area (Å²) in [4.78, 5) is 28.7. The number of aliphatic hydroxyl groups excluding tert-OH is 1.